The zero-order valence-electron chi connectivity index (χ0n) is 29.1. The number of benzene rings is 4. The number of fused-ring (bicyclic) bond motifs is 1. The second kappa shape index (κ2) is 14.7. The van der Waals surface area contributed by atoms with Crippen molar-refractivity contribution in [1.82, 2.24) is 25.1 Å². The van der Waals surface area contributed by atoms with Gasteiger partial charge in [0.25, 0.3) is 5.91 Å². The molecule has 0 bridgehead atoms. The van der Waals surface area contributed by atoms with E-state index in [1.807, 2.05) is 68.4 Å². The van der Waals surface area contributed by atoms with Gasteiger partial charge in [-0.15, -0.1) is 0 Å². The fraction of sp³-hybridized carbons (Fsp3) is 0.205. The van der Waals surface area contributed by atoms with Crippen LogP contribution in [-0.2, 0) is 5.41 Å². The molecule has 2 heterocycles. The highest BCUT2D eigenvalue weighted by Gasteiger charge is 2.22. The first-order valence-electron chi connectivity index (χ1n) is 16.5. The third-order valence-electron chi connectivity index (χ3n) is 8.11. The van der Waals surface area contributed by atoms with Gasteiger partial charge in [0, 0.05) is 52.3 Å². The van der Waals surface area contributed by atoms with Gasteiger partial charge in [-0.25, -0.2) is 14.5 Å². The number of ether oxygens (including phenoxy) is 1. The lowest BCUT2D eigenvalue weighted by molar-refractivity contribution is 0.0944. The van der Waals surface area contributed by atoms with Gasteiger partial charge in [0.2, 0.25) is 11.8 Å². The zero-order chi connectivity index (χ0) is 36.1. The minimum Gasteiger partial charge on any atom is -0.438 e. The molecule has 0 spiro atoms. The van der Waals surface area contributed by atoms with Crippen molar-refractivity contribution in [2.45, 2.75) is 40.0 Å². The molecule has 6 aromatic rings. The van der Waals surface area contributed by atoms with Gasteiger partial charge in [-0.1, -0.05) is 62.7 Å². The van der Waals surface area contributed by atoms with Crippen molar-refractivity contribution in [2.75, 3.05) is 29.1 Å². The summed E-state index contributed by atoms with van der Waals surface area (Å²) in [6.07, 6.45) is 1.59. The van der Waals surface area contributed by atoms with E-state index in [0.29, 0.717) is 34.6 Å². The average Bonchev–Trinajstić information content (AvgIpc) is 3.54. The van der Waals surface area contributed by atoms with Crippen molar-refractivity contribution in [2.24, 2.45) is 0 Å². The summed E-state index contributed by atoms with van der Waals surface area (Å²) in [5, 5.41) is 27.2. The first-order chi connectivity index (χ1) is 24.5. The van der Waals surface area contributed by atoms with Crippen molar-refractivity contribution in [3.05, 3.63) is 120 Å². The lowest BCUT2D eigenvalue weighted by Gasteiger charge is -2.14. The summed E-state index contributed by atoms with van der Waals surface area (Å²) < 4.78 is 7.99. The predicted molar refractivity (Wildman–Crippen MR) is 200 cm³/mol. The summed E-state index contributed by atoms with van der Waals surface area (Å²) in [5.74, 6) is 1.45. The second-order valence-corrected chi connectivity index (χ2v) is 13.1. The Kier molecular flexibility index (Phi) is 9.96. The molecule has 2 aromatic heterocycles. The van der Waals surface area contributed by atoms with E-state index >= 15 is 0 Å². The van der Waals surface area contributed by atoms with Crippen LogP contribution in [0.15, 0.2) is 97.2 Å². The van der Waals surface area contributed by atoms with E-state index in [1.165, 1.54) is 0 Å². The quantitative estimate of drug-likeness (QED) is 0.0987. The summed E-state index contributed by atoms with van der Waals surface area (Å²) in [6.45, 7) is 10.2. The van der Waals surface area contributed by atoms with Gasteiger partial charge in [0.15, 0.2) is 0 Å². The Morgan fingerprint density at radius 1 is 0.863 bits per heavy atom. The zero-order valence-corrected chi connectivity index (χ0v) is 29.1. The van der Waals surface area contributed by atoms with Gasteiger partial charge in [-0.05, 0) is 61.9 Å². The average molecular weight is 685 g/mol. The minimum atomic E-state index is -0.414. The molecule has 0 unspecified atom stereocenters. The lowest BCUT2D eigenvalue weighted by Crippen LogP contribution is -2.26. The molecule has 0 aliphatic heterocycles. The van der Waals surface area contributed by atoms with E-state index in [1.54, 1.807) is 47.3 Å². The molecule has 0 aliphatic carbocycles. The SMILES string of the molecule is Cc1ccc(-n2nc(C(C)(C)C)cc2NC(=O)Nc2ccc(Oc3ccnc(Nc4ccc(C(=O)NCCO)cc4C)n3)c3ccccc23)cc1. The molecule has 12 nitrogen and oxygen atoms in total. The van der Waals surface area contributed by atoms with Crippen LogP contribution < -0.4 is 26.0 Å². The molecular formula is C39H40N8O4. The van der Waals surface area contributed by atoms with E-state index in [-0.39, 0.29) is 24.5 Å². The largest absolute Gasteiger partial charge is 0.438 e. The van der Waals surface area contributed by atoms with Crippen LogP contribution in [0.25, 0.3) is 16.5 Å². The minimum absolute atomic E-state index is 0.129. The van der Waals surface area contributed by atoms with Gasteiger partial charge in [-0.2, -0.15) is 10.1 Å². The molecule has 0 radical (unpaired) electrons. The van der Waals surface area contributed by atoms with Gasteiger partial charge in [-0.3, -0.25) is 10.1 Å². The van der Waals surface area contributed by atoms with E-state index in [0.717, 1.165) is 39.0 Å². The number of aliphatic hydroxyl groups is 1. The first-order valence-corrected chi connectivity index (χ1v) is 16.5. The molecule has 260 valence electrons. The molecule has 0 atom stereocenters. The normalized spacial score (nSPS) is 11.3. The number of aliphatic hydroxyl groups excluding tert-OH is 1. The number of carbonyl (C=O) groups excluding carboxylic acids is 2. The lowest BCUT2D eigenvalue weighted by atomic mass is 9.92. The van der Waals surface area contributed by atoms with Crippen LogP contribution in [-0.4, -0.2) is 49.9 Å². The highest BCUT2D eigenvalue weighted by atomic mass is 16.5. The van der Waals surface area contributed by atoms with Crippen molar-refractivity contribution in [3.8, 4) is 17.3 Å². The molecule has 12 heteroatoms. The number of urea groups is 1. The molecule has 6 rings (SSSR count). The molecule has 0 fully saturated rings. The van der Waals surface area contributed by atoms with Crippen LogP contribution in [0.3, 0.4) is 0 Å². The Bertz CT molecular complexity index is 2210. The van der Waals surface area contributed by atoms with E-state index < -0.39 is 6.03 Å². The van der Waals surface area contributed by atoms with Gasteiger partial charge < -0.3 is 25.8 Å². The number of hydrogen-bond acceptors (Lipinski definition) is 8. The number of hydrogen-bond donors (Lipinski definition) is 5. The van der Waals surface area contributed by atoms with Crippen LogP contribution >= 0.6 is 0 Å². The van der Waals surface area contributed by atoms with Crippen LogP contribution in [0, 0.1) is 13.8 Å². The highest BCUT2D eigenvalue weighted by Crippen LogP contribution is 2.35. The molecular weight excluding hydrogens is 644 g/mol. The molecule has 0 aliphatic rings. The Hall–Kier alpha value is -6.27. The molecule has 5 N–H and O–H groups in total. The summed E-state index contributed by atoms with van der Waals surface area (Å²) in [4.78, 5) is 34.6. The first kappa shape index (κ1) is 34.6. The van der Waals surface area contributed by atoms with Crippen molar-refractivity contribution >= 4 is 45.9 Å². The fourth-order valence-electron chi connectivity index (χ4n) is 5.37. The van der Waals surface area contributed by atoms with Crippen molar-refractivity contribution < 1.29 is 19.4 Å². The monoisotopic (exact) mass is 684 g/mol. The number of rotatable bonds is 10. The highest BCUT2D eigenvalue weighted by molar-refractivity contribution is 6.07. The maximum absolute atomic E-state index is 13.5. The van der Waals surface area contributed by atoms with Crippen molar-refractivity contribution in [1.29, 1.82) is 0 Å². The Labute approximate surface area is 295 Å². The topological polar surface area (TPSA) is 155 Å². The number of nitrogens with one attached hydrogen (secondary N) is 4. The molecule has 4 aromatic carbocycles. The summed E-state index contributed by atoms with van der Waals surface area (Å²) in [5.41, 5.74) is 5.22. The van der Waals surface area contributed by atoms with Crippen LogP contribution in [0.2, 0.25) is 0 Å². The summed E-state index contributed by atoms with van der Waals surface area (Å²) in [6, 6.07) is 27.5. The maximum Gasteiger partial charge on any atom is 0.324 e. The summed E-state index contributed by atoms with van der Waals surface area (Å²) >= 11 is 0. The third-order valence-corrected chi connectivity index (χ3v) is 8.11. The van der Waals surface area contributed by atoms with Gasteiger partial charge >= 0.3 is 6.03 Å². The maximum atomic E-state index is 13.5. The van der Waals surface area contributed by atoms with E-state index in [2.05, 4.69) is 52.0 Å². The molecule has 51 heavy (non-hydrogen) atoms. The number of nitrogens with zero attached hydrogens (tertiary/aromatic N) is 4. The Morgan fingerprint density at radius 3 is 2.33 bits per heavy atom. The standard InChI is InChI=1S/C39H40N8O4/c1-24-10-13-27(14-11-24)47-34(23-33(46-47)39(3,4)5)44-38(50)43-31-16-17-32(29-9-7-6-8-28(29)31)51-35-18-19-41-37(45-35)42-30-15-12-26(22-25(30)2)36(49)40-20-21-48/h6-19,22-23,48H,20-21H2,1-5H3,(H,40,49)(H,41,42,45)(H2,43,44,50). The van der Waals surface area contributed by atoms with Gasteiger partial charge in [0.1, 0.15) is 11.6 Å². The second-order valence-electron chi connectivity index (χ2n) is 13.1. The number of anilines is 4. The Balaban J connectivity index is 1.19. The van der Waals surface area contributed by atoms with Crippen molar-refractivity contribution in [3.63, 3.8) is 0 Å². The molecule has 0 saturated carbocycles. The Morgan fingerprint density at radius 2 is 1.61 bits per heavy atom. The molecule has 3 amide bonds. The predicted octanol–water partition coefficient (Wildman–Crippen LogP) is 7.63. The number of amides is 3. The number of aromatic nitrogens is 4. The van der Waals surface area contributed by atoms with E-state index in [9.17, 15) is 9.59 Å². The fourth-order valence-corrected chi connectivity index (χ4v) is 5.37. The van der Waals surface area contributed by atoms with E-state index in [4.69, 9.17) is 14.9 Å². The van der Waals surface area contributed by atoms with Crippen LogP contribution in [0.5, 0.6) is 11.6 Å². The molecule has 0 saturated heterocycles. The van der Waals surface area contributed by atoms with Crippen LogP contribution in [0.4, 0.5) is 27.9 Å². The van der Waals surface area contributed by atoms with Gasteiger partial charge in [0.05, 0.1) is 23.7 Å². The third kappa shape index (κ3) is 8.14. The summed E-state index contributed by atoms with van der Waals surface area (Å²) in [7, 11) is 0. The number of carbonyl (C=O) groups is 2. The van der Waals surface area contributed by atoms with Crippen LogP contribution in [0.1, 0.15) is 48.0 Å². The number of aryl methyl sites for hydroxylation is 2. The smallest absolute Gasteiger partial charge is 0.324 e.